The minimum atomic E-state index is -0.0497. The smallest absolute Gasteiger partial charge is 0.273 e. The predicted molar refractivity (Wildman–Crippen MR) is 104 cm³/mol. The molecule has 1 saturated heterocycles. The Balaban J connectivity index is 1.38. The first-order valence-corrected chi connectivity index (χ1v) is 10.5. The average Bonchev–Trinajstić information content (AvgIpc) is 3.37. The molecule has 0 aromatic carbocycles. The van der Waals surface area contributed by atoms with Crippen molar-refractivity contribution in [1.82, 2.24) is 14.8 Å². The maximum atomic E-state index is 12.9. The minimum Gasteiger partial charge on any atom is -0.462 e. The van der Waals surface area contributed by atoms with Gasteiger partial charge in [0, 0.05) is 37.0 Å². The van der Waals surface area contributed by atoms with Crippen LogP contribution in [0.4, 0.5) is 0 Å². The van der Waals surface area contributed by atoms with Gasteiger partial charge in [0.05, 0.1) is 6.26 Å². The van der Waals surface area contributed by atoms with E-state index in [1.807, 2.05) is 28.9 Å². The van der Waals surface area contributed by atoms with Crippen LogP contribution in [0.25, 0.3) is 10.8 Å². The Morgan fingerprint density at radius 3 is 2.48 bits per heavy atom. The molecule has 4 rings (SSSR count). The van der Waals surface area contributed by atoms with Gasteiger partial charge in [0.2, 0.25) is 5.91 Å². The quantitative estimate of drug-likeness (QED) is 0.807. The van der Waals surface area contributed by atoms with Gasteiger partial charge in [0.25, 0.3) is 5.91 Å². The molecule has 0 spiro atoms. The van der Waals surface area contributed by atoms with Crippen molar-refractivity contribution in [3.63, 3.8) is 0 Å². The molecule has 1 aliphatic carbocycles. The van der Waals surface area contributed by atoms with Gasteiger partial charge in [-0.05, 0) is 31.9 Å². The summed E-state index contributed by atoms with van der Waals surface area (Å²) in [4.78, 5) is 34.8. The molecule has 2 amide bonds. The SMILES string of the molecule is Cc1sc(-c2ccco2)nc1C(=O)N1CCN(C(=O)C2CCCCC2)CC1. The maximum Gasteiger partial charge on any atom is 0.273 e. The largest absolute Gasteiger partial charge is 0.462 e. The average molecular weight is 388 g/mol. The van der Waals surface area contributed by atoms with Crippen molar-refractivity contribution in [2.24, 2.45) is 5.92 Å². The number of carbonyl (C=O) groups excluding carboxylic acids is 2. The second-order valence-electron chi connectivity index (χ2n) is 7.35. The van der Waals surface area contributed by atoms with Crippen LogP contribution in [0.5, 0.6) is 0 Å². The second kappa shape index (κ2) is 7.84. The van der Waals surface area contributed by atoms with E-state index in [-0.39, 0.29) is 17.7 Å². The lowest BCUT2D eigenvalue weighted by Crippen LogP contribution is -2.52. The van der Waals surface area contributed by atoms with Gasteiger partial charge in [-0.3, -0.25) is 9.59 Å². The van der Waals surface area contributed by atoms with Crippen molar-refractivity contribution in [2.75, 3.05) is 26.2 Å². The molecule has 0 atom stereocenters. The van der Waals surface area contributed by atoms with Crippen LogP contribution in [0.1, 0.15) is 47.5 Å². The summed E-state index contributed by atoms with van der Waals surface area (Å²) in [5.41, 5.74) is 0.499. The van der Waals surface area contributed by atoms with Crippen LogP contribution >= 0.6 is 11.3 Å². The first kappa shape index (κ1) is 18.2. The van der Waals surface area contributed by atoms with Crippen molar-refractivity contribution in [1.29, 1.82) is 0 Å². The molecule has 3 heterocycles. The topological polar surface area (TPSA) is 66.7 Å². The highest BCUT2D eigenvalue weighted by atomic mass is 32.1. The molecule has 2 aliphatic rings. The first-order chi connectivity index (χ1) is 13.1. The fourth-order valence-electron chi connectivity index (χ4n) is 3.99. The van der Waals surface area contributed by atoms with E-state index in [1.54, 1.807) is 6.26 Å². The van der Waals surface area contributed by atoms with Crippen molar-refractivity contribution in [2.45, 2.75) is 39.0 Å². The van der Waals surface area contributed by atoms with Crippen molar-refractivity contribution in [3.8, 4) is 10.8 Å². The minimum absolute atomic E-state index is 0.0497. The number of piperazine rings is 1. The molecule has 0 unspecified atom stereocenters. The zero-order chi connectivity index (χ0) is 18.8. The third-order valence-corrected chi connectivity index (χ3v) is 6.55. The number of rotatable bonds is 3. The van der Waals surface area contributed by atoms with Crippen LogP contribution < -0.4 is 0 Å². The van der Waals surface area contributed by atoms with Crippen LogP contribution in [0.3, 0.4) is 0 Å². The van der Waals surface area contributed by atoms with Gasteiger partial charge in [0.1, 0.15) is 5.69 Å². The van der Waals surface area contributed by atoms with Gasteiger partial charge >= 0.3 is 0 Å². The number of hydrogen-bond acceptors (Lipinski definition) is 5. The number of aromatic nitrogens is 1. The van der Waals surface area contributed by atoms with Gasteiger partial charge in [0.15, 0.2) is 10.8 Å². The monoisotopic (exact) mass is 387 g/mol. The first-order valence-electron chi connectivity index (χ1n) is 9.73. The summed E-state index contributed by atoms with van der Waals surface area (Å²) >= 11 is 1.47. The van der Waals surface area contributed by atoms with Crippen LogP contribution in [0.15, 0.2) is 22.8 Å². The Hall–Kier alpha value is -2.15. The Morgan fingerprint density at radius 1 is 1.11 bits per heavy atom. The summed E-state index contributed by atoms with van der Waals surface area (Å²) in [6.45, 7) is 4.31. The number of thiazole rings is 1. The summed E-state index contributed by atoms with van der Waals surface area (Å²) in [6, 6.07) is 3.66. The van der Waals surface area contributed by atoms with E-state index >= 15 is 0 Å². The second-order valence-corrected chi connectivity index (χ2v) is 8.56. The highest BCUT2D eigenvalue weighted by Gasteiger charge is 2.31. The van der Waals surface area contributed by atoms with Gasteiger partial charge in [-0.25, -0.2) is 4.98 Å². The van der Waals surface area contributed by atoms with E-state index in [0.717, 1.165) is 35.6 Å². The third kappa shape index (κ3) is 3.78. The van der Waals surface area contributed by atoms with E-state index in [9.17, 15) is 9.59 Å². The summed E-state index contributed by atoms with van der Waals surface area (Å²) < 4.78 is 5.39. The summed E-state index contributed by atoms with van der Waals surface area (Å²) in [5.74, 6) is 1.11. The zero-order valence-electron chi connectivity index (χ0n) is 15.6. The number of hydrogen-bond donors (Lipinski definition) is 0. The molecule has 0 bridgehead atoms. The lowest BCUT2D eigenvalue weighted by Gasteiger charge is -2.37. The zero-order valence-corrected chi connectivity index (χ0v) is 16.5. The molecule has 7 heteroatoms. The van der Waals surface area contributed by atoms with Crippen LogP contribution in [0.2, 0.25) is 0 Å². The van der Waals surface area contributed by atoms with Crippen LogP contribution in [-0.2, 0) is 4.79 Å². The van der Waals surface area contributed by atoms with E-state index in [1.165, 1.54) is 17.8 Å². The summed E-state index contributed by atoms with van der Waals surface area (Å²) in [5, 5.41) is 0.729. The van der Waals surface area contributed by atoms with Crippen molar-refractivity contribution >= 4 is 23.2 Å². The fourth-order valence-corrected chi connectivity index (χ4v) is 4.86. The number of aryl methyl sites for hydroxylation is 1. The standard InChI is InChI=1S/C20H25N3O3S/c1-14-17(21-18(27-14)16-8-5-13-26-16)20(25)23-11-9-22(10-12-23)19(24)15-6-3-2-4-7-15/h5,8,13,15H,2-4,6-7,9-12H2,1H3. The predicted octanol–water partition coefficient (Wildman–Crippen LogP) is 3.58. The summed E-state index contributed by atoms with van der Waals surface area (Å²) in [7, 11) is 0. The molecule has 2 aromatic heterocycles. The highest BCUT2D eigenvalue weighted by Crippen LogP contribution is 2.29. The Kier molecular flexibility index (Phi) is 5.29. The molecule has 1 aliphatic heterocycles. The lowest BCUT2D eigenvalue weighted by atomic mass is 9.88. The molecule has 0 radical (unpaired) electrons. The maximum absolute atomic E-state index is 12.9. The van der Waals surface area contributed by atoms with Crippen LogP contribution in [-0.4, -0.2) is 52.8 Å². The molecule has 0 N–H and O–H groups in total. The normalized spacial score (nSPS) is 18.7. The van der Waals surface area contributed by atoms with E-state index < -0.39 is 0 Å². The van der Waals surface area contributed by atoms with Crippen LogP contribution in [0, 0.1) is 12.8 Å². The van der Waals surface area contributed by atoms with E-state index in [2.05, 4.69) is 4.98 Å². The highest BCUT2D eigenvalue weighted by molar-refractivity contribution is 7.15. The number of furan rings is 1. The Morgan fingerprint density at radius 2 is 1.81 bits per heavy atom. The van der Waals surface area contributed by atoms with Gasteiger partial charge in [-0.15, -0.1) is 11.3 Å². The van der Waals surface area contributed by atoms with E-state index in [0.29, 0.717) is 37.6 Å². The fraction of sp³-hybridized carbons (Fsp3) is 0.550. The Bertz CT molecular complexity index is 801. The van der Waals surface area contributed by atoms with Crippen molar-refractivity contribution < 1.29 is 14.0 Å². The lowest BCUT2D eigenvalue weighted by molar-refractivity contribution is -0.138. The molecule has 144 valence electrons. The van der Waals surface area contributed by atoms with Gasteiger partial charge in [-0.2, -0.15) is 0 Å². The summed E-state index contributed by atoms with van der Waals surface area (Å²) in [6.07, 6.45) is 7.22. The van der Waals surface area contributed by atoms with Crippen molar-refractivity contribution in [3.05, 3.63) is 29.0 Å². The number of carbonyl (C=O) groups is 2. The molecule has 6 nitrogen and oxygen atoms in total. The van der Waals surface area contributed by atoms with E-state index in [4.69, 9.17) is 4.42 Å². The van der Waals surface area contributed by atoms with Gasteiger partial charge < -0.3 is 14.2 Å². The molecule has 2 aromatic rings. The number of amides is 2. The number of nitrogens with zero attached hydrogens (tertiary/aromatic N) is 3. The third-order valence-electron chi connectivity index (χ3n) is 5.56. The molecular formula is C20H25N3O3S. The molecule has 27 heavy (non-hydrogen) atoms. The Labute approximate surface area is 163 Å². The van der Waals surface area contributed by atoms with Gasteiger partial charge in [-0.1, -0.05) is 19.3 Å². The molecule has 1 saturated carbocycles. The molecule has 2 fully saturated rings. The molecular weight excluding hydrogens is 362 g/mol.